The van der Waals surface area contributed by atoms with Crippen LogP contribution in [-0.2, 0) is 18.6 Å². The van der Waals surface area contributed by atoms with E-state index in [0.717, 1.165) is 31.4 Å². The van der Waals surface area contributed by atoms with Crippen molar-refractivity contribution in [2.24, 2.45) is 0 Å². The van der Waals surface area contributed by atoms with Crippen LogP contribution in [0.15, 0.2) is 54.6 Å². The Morgan fingerprint density at radius 1 is 0.857 bits per heavy atom. The van der Waals surface area contributed by atoms with Gasteiger partial charge < -0.3 is 5.11 Å². The van der Waals surface area contributed by atoms with Gasteiger partial charge in [-0.15, -0.1) is 0 Å². The average molecular weight is 378 g/mol. The topological polar surface area (TPSA) is 23.5 Å². The van der Waals surface area contributed by atoms with Crippen LogP contribution in [0.2, 0.25) is 0 Å². The van der Waals surface area contributed by atoms with Crippen LogP contribution >= 0.6 is 0 Å². The van der Waals surface area contributed by atoms with Crippen LogP contribution in [0.5, 0.6) is 0 Å². The van der Waals surface area contributed by atoms with Gasteiger partial charge in [0.15, 0.2) is 0 Å². The molecule has 2 fully saturated rings. The molecule has 0 spiro atoms. The first-order valence-electron chi connectivity index (χ1n) is 11.3. The first kappa shape index (κ1) is 19.7. The molecule has 2 aliphatic heterocycles. The van der Waals surface area contributed by atoms with Gasteiger partial charge in [0.2, 0.25) is 0 Å². The number of unbranched alkanes of at least 4 members (excludes halogenated alkanes) is 3. The standard InChI is InChI=1S/C26H35NO/c1-2-3-4-6-9-21-12-14-23(15-13-21)26(28)18-24-16-17-25(19-26)27(24)20-22-10-7-5-8-11-22/h5,7-8,10-15,24-25,28H,2-4,6,9,16-20H2,1H3. The first-order chi connectivity index (χ1) is 13.7. The number of aliphatic hydroxyl groups is 1. The Morgan fingerprint density at radius 2 is 1.54 bits per heavy atom. The van der Waals surface area contributed by atoms with Gasteiger partial charge in [0.05, 0.1) is 5.60 Å². The molecule has 28 heavy (non-hydrogen) atoms. The molecular formula is C26H35NO. The van der Waals surface area contributed by atoms with Gasteiger partial charge in [0.1, 0.15) is 0 Å². The zero-order chi connectivity index (χ0) is 19.4. The molecule has 2 heterocycles. The second-order valence-corrected chi connectivity index (χ2v) is 8.99. The Balaban J connectivity index is 1.40. The number of rotatable bonds is 8. The molecule has 2 bridgehead atoms. The number of hydrogen-bond donors (Lipinski definition) is 1. The lowest BCUT2D eigenvalue weighted by Crippen LogP contribution is -2.49. The fraction of sp³-hybridized carbons (Fsp3) is 0.538. The quantitative estimate of drug-likeness (QED) is 0.586. The highest BCUT2D eigenvalue weighted by molar-refractivity contribution is 5.29. The molecule has 2 unspecified atom stereocenters. The number of fused-ring (bicyclic) bond motifs is 2. The summed E-state index contributed by atoms with van der Waals surface area (Å²) in [5.41, 5.74) is 3.27. The molecule has 2 atom stereocenters. The third kappa shape index (κ3) is 4.34. The highest BCUT2D eigenvalue weighted by Crippen LogP contribution is 2.46. The molecule has 2 saturated heterocycles. The van der Waals surface area contributed by atoms with Crippen LogP contribution in [0.3, 0.4) is 0 Å². The highest BCUT2D eigenvalue weighted by Gasteiger charge is 2.48. The van der Waals surface area contributed by atoms with Gasteiger partial charge in [-0.3, -0.25) is 4.90 Å². The van der Waals surface area contributed by atoms with E-state index >= 15 is 0 Å². The smallest absolute Gasteiger partial charge is 0.0926 e. The second kappa shape index (κ2) is 8.80. The zero-order valence-corrected chi connectivity index (χ0v) is 17.3. The van der Waals surface area contributed by atoms with Crippen molar-refractivity contribution in [1.29, 1.82) is 0 Å². The SMILES string of the molecule is CCCCCCc1ccc(C2(O)CC3CCC(C2)N3Cc2ccccc2)cc1. The number of hydrogen-bond acceptors (Lipinski definition) is 2. The van der Waals surface area contributed by atoms with E-state index in [0.29, 0.717) is 12.1 Å². The van der Waals surface area contributed by atoms with Crippen LogP contribution < -0.4 is 0 Å². The summed E-state index contributed by atoms with van der Waals surface area (Å²) in [6.07, 6.45) is 10.5. The van der Waals surface area contributed by atoms with E-state index in [2.05, 4.69) is 66.4 Å². The van der Waals surface area contributed by atoms with Crippen molar-refractivity contribution in [3.05, 3.63) is 71.3 Å². The number of benzene rings is 2. The fourth-order valence-electron chi connectivity index (χ4n) is 5.34. The molecule has 0 radical (unpaired) electrons. The summed E-state index contributed by atoms with van der Waals surface area (Å²) in [6.45, 7) is 3.27. The second-order valence-electron chi connectivity index (χ2n) is 8.99. The summed E-state index contributed by atoms with van der Waals surface area (Å²) in [4.78, 5) is 2.64. The van der Waals surface area contributed by atoms with Gasteiger partial charge >= 0.3 is 0 Å². The summed E-state index contributed by atoms with van der Waals surface area (Å²) in [6, 6.07) is 20.7. The Hall–Kier alpha value is -1.64. The Kier molecular flexibility index (Phi) is 6.18. The van der Waals surface area contributed by atoms with Gasteiger partial charge in [0.25, 0.3) is 0 Å². The van der Waals surface area contributed by atoms with Crippen LogP contribution in [0.4, 0.5) is 0 Å². The first-order valence-corrected chi connectivity index (χ1v) is 11.3. The molecule has 2 aromatic carbocycles. The van der Waals surface area contributed by atoms with Crippen LogP contribution in [0.1, 0.15) is 75.0 Å². The predicted octanol–water partition coefficient (Wildman–Crippen LogP) is 5.82. The monoisotopic (exact) mass is 377 g/mol. The average Bonchev–Trinajstić information content (AvgIpc) is 2.96. The van der Waals surface area contributed by atoms with Gasteiger partial charge in [-0.1, -0.05) is 80.8 Å². The van der Waals surface area contributed by atoms with Gasteiger partial charge in [0, 0.05) is 18.6 Å². The van der Waals surface area contributed by atoms with E-state index in [9.17, 15) is 5.11 Å². The van der Waals surface area contributed by atoms with Crippen LogP contribution in [-0.4, -0.2) is 22.1 Å². The molecule has 150 valence electrons. The fourth-order valence-corrected chi connectivity index (χ4v) is 5.34. The summed E-state index contributed by atoms with van der Waals surface area (Å²) in [5, 5.41) is 11.5. The lowest BCUT2D eigenvalue weighted by atomic mass is 9.80. The normalized spacial score (nSPS) is 27.2. The van der Waals surface area contributed by atoms with Crippen LogP contribution in [0, 0.1) is 0 Å². The van der Waals surface area contributed by atoms with Crippen molar-refractivity contribution in [1.82, 2.24) is 4.90 Å². The van der Waals surface area contributed by atoms with Crippen molar-refractivity contribution in [3.8, 4) is 0 Å². The van der Waals surface area contributed by atoms with Crippen molar-refractivity contribution in [2.45, 2.75) is 88.9 Å². The van der Waals surface area contributed by atoms with Crippen molar-refractivity contribution < 1.29 is 5.11 Å². The van der Waals surface area contributed by atoms with E-state index in [-0.39, 0.29) is 0 Å². The minimum Gasteiger partial charge on any atom is -0.385 e. The van der Waals surface area contributed by atoms with Crippen molar-refractivity contribution in [3.63, 3.8) is 0 Å². The summed E-state index contributed by atoms with van der Waals surface area (Å²) in [5.74, 6) is 0. The van der Waals surface area contributed by atoms with E-state index in [1.807, 2.05) is 0 Å². The molecule has 0 aromatic heterocycles. The van der Waals surface area contributed by atoms with E-state index < -0.39 is 5.60 Å². The minimum absolute atomic E-state index is 0.498. The van der Waals surface area contributed by atoms with Crippen LogP contribution in [0.25, 0.3) is 0 Å². The van der Waals surface area contributed by atoms with Crippen molar-refractivity contribution >= 4 is 0 Å². The molecule has 0 saturated carbocycles. The highest BCUT2D eigenvalue weighted by atomic mass is 16.3. The van der Waals surface area contributed by atoms with E-state index in [1.54, 1.807) is 0 Å². The van der Waals surface area contributed by atoms with Crippen molar-refractivity contribution in [2.75, 3.05) is 0 Å². The summed E-state index contributed by atoms with van der Waals surface area (Å²) in [7, 11) is 0. The lowest BCUT2D eigenvalue weighted by Gasteiger charge is -2.44. The molecule has 4 rings (SSSR count). The molecule has 2 nitrogen and oxygen atoms in total. The molecular weight excluding hydrogens is 342 g/mol. The molecule has 2 aliphatic rings. The number of nitrogens with zero attached hydrogens (tertiary/aromatic N) is 1. The van der Waals surface area contributed by atoms with Gasteiger partial charge in [-0.2, -0.15) is 0 Å². The maximum absolute atomic E-state index is 11.5. The Morgan fingerprint density at radius 3 is 2.18 bits per heavy atom. The number of piperidine rings is 1. The third-order valence-corrected chi connectivity index (χ3v) is 6.94. The predicted molar refractivity (Wildman–Crippen MR) is 116 cm³/mol. The molecule has 1 N–H and O–H groups in total. The molecule has 2 aromatic rings. The lowest BCUT2D eigenvalue weighted by molar-refractivity contribution is -0.0595. The zero-order valence-electron chi connectivity index (χ0n) is 17.3. The maximum atomic E-state index is 11.5. The van der Waals surface area contributed by atoms with E-state index in [4.69, 9.17) is 0 Å². The van der Waals surface area contributed by atoms with Gasteiger partial charge in [-0.05, 0) is 55.2 Å². The maximum Gasteiger partial charge on any atom is 0.0926 e. The third-order valence-electron chi connectivity index (χ3n) is 6.94. The number of aryl methyl sites for hydroxylation is 1. The summed E-state index contributed by atoms with van der Waals surface area (Å²) < 4.78 is 0. The van der Waals surface area contributed by atoms with E-state index in [1.165, 1.54) is 49.7 Å². The molecule has 0 aliphatic carbocycles. The molecule has 2 heteroatoms. The Bertz CT molecular complexity index is 725. The van der Waals surface area contributed by atoms with Gasteiger partial charge in [-0.25, -0.2) is 0 Å². The minimum atomic E-state index is -0.653. The summed E-state index contributed by atoms with van der Waals surface area (Å²) >= 11 is 0. The molecule has 0 amide bonds. The largest absolute Gasteiger partial charge is 0.385 e. The Labute approximate surface area is 170 Å².